The van der Waals surface area contributed by atoms with E-state index >= 15 is 0 Å². The predicted octanol–water partition coefficient (Wildman–Crippen LogP) is 17.0. The van der Waals surface area contributed by atoms with E-state index in [9.17, 15) is 39.5 Å². The Bertz CT molecular complexity index is 1600. The lowest BCUT2D eigenvalue weighted by molar-refractivity contribution is -0.958. The summed E-state index contributed by atoms with van der Waals surface area (Å²) in [5.74, 6) is -0.231. The van der Waals surface area contributed by atoms with Crippen LogP contribution in [0, 0.1) is 0 Å². The van der Waals surface area contributed by atoms with E-state index in [-0.39, 0.29) is 17.2 Å². The molecule has 1 unspecified atom stereocenters. The molecule has 0 radical (unpaired) electrons. The van der Waals surface area contributed by atoms with Gasteiger partial charge < -0.3 is 18.4 Å². The van der Waals surface area contributed by atoms with Crippen LogP contribution >= 0.6 is 0 Å². The minimum atomic E-state index is -4.69. The van der Waals surface area contributed by atoms with Crippen LogP contribution in [-0.4, -0.2) is 31.4 Å². The Morgan fingerprint density at radius 1 is 0.429 bits per heavy atom. The number of rotatable bonds is 31. The Balaban J connectivity index is 2.06. The molecule has 3 aromatic rings. The summed E-state index contributed by atoms with van der Waals surface area (Å²) >= 11 is 0. The van der Waals surface area contributed by atoms with Gasteiger partial charge in [-0.15, -0.1) is 0 Å². The number of halogens is 9. The second-order valence-corrected chi connectivity index (χ2v) is 16.9. The molecule has 3 aromatic carbocycles. The van der Waals surface area contributed by atoms with Gasteiger partial charge in [-0.2, -0.15) is 39.5 Å². The van der Waals surface area contributed by atoms with Crippen molar-refractivity contribution in [1.82, 2.24) is 0 Å². The van der Waals surface area contributed by atoms with Crippen LogP contribution in [0.5, 0.6) is 17.2 Å². The summed E-state index contributed by atoms with van der Waals surface area (Å²) in [5, 5.41) is 0. The molecule has 3 rings (SSSR count). The second-order valence-electron chi connectivity index (χ2n) is 16.9. The van der Waals surface area contributed by atoms with Crippen LogP contribution in [0.1, 0.15) is 184 Å². The van der Waals surface area contributed by atoms with Crippen LogP contribution in [0.2, 0.25) is 0 Å². The zero-order chi connectivity index (χ0) is 46.4. The molecule has 0 bridgehead atoms. The van der Waals surface area contributed by atoms with Crippen molar-refractivity contribution >= 4 is 7.32 Å². The van der Waals surface area contributed by atoms with Gasteiger partial charge >= 0.3 is 25.9 Å². The SMILES string of the molecule is CCCCCCCCCCCCCCCC(c1cc(C(F)(F)F)ccc1OB(Oc1ccc(C(F)(F)F)cc1)Oc1ccc(C(F)(F)F)cc1)[N+](CCCC)(CCCC)CCCC. The highest BCUT2D eigenvalue weighted by Crippen LogP contribution is 2.43. The van der Waals surface area contributed by atoms with E-state index in [0.717, 1.165) is 151 Å². The number of alkyl halides is 9. The summed E-state index contributed by atoms with van der Waals surface area (Å²) < 4.78 is 143. The van der Waals surface area contributed by atoms with Crippen molar-refractivity contribution < 1.29 is 58.0 Å². The molecule has 0 aliphatic heterocycles. The fourth-order valence-corrected chi connectivity index (χ4v) is 8.24. The van der Waals surface area contributed by atoms with E-state index in [1.165, 1.54) is 57.4 Å². The van der Waals surface area contributed by atoms with Gasteiger partial charge in [0.1, 0.15) is 23.3 Å². The molecule has 0 heterocycles. The van der Waals surface area contributed by atoms with Gasteiger partial charge in [0.05, 0.1) is 41.9 Å². The molecule has 0 aliphatic rings. The van der Waals surface area contributed by atoms with E-state index in [0.29, 0.717) is 16.5 Å². The number of quaternary nitrogens is 1. The minimum Gasteiger partial charge on any atom is -0.490 e. The van der Waals surface area contributed by atoms with E-state index in [2.05, 4.69) is 27.7 Å². The smallest absolute Gasteiger partial charge is 0.490 e. The van der Waals surface area contributed by atoms with Gasteiger partial charge in [0.15, 0.2) is 0 Å². The number of benzene rings is 3. The van der Waals surface area contributed by atoms with Crippen LogP contribution in [0.4, 0.5) is 39.5 Å². The summed E-state index contributed by atoms with van der Waals surface area (Å²) in [7, 11) is -1.82. The number of nitrogens with zero attached hydrogens (tertiary/aromatic N) is 1. The van der Waals surface area contributed by atoms with Gasteiger partial charge in [-0.3, -0.25) is 0 Å². The van der Waals surface area contributed by atoms with Crippen LogP contribution in [0.3, 0.4) is 0 Å². The fraction of sp³-hybridized carbons (Fsp3) is 0.633. The monoisotopic (exact) mass is 903 g/mol. The lowest BCUT2D eigenvalue weighted by Crippen LogP contribution is -2.53. The molecular weight excluding hydrogens is 832 g/mol. The standard InChI is InChI=1S/C49H70BF9NO3/c1-5-9-13-14-15-16-17-18-19-20-21-22-23-24-45(60(35-10-6-2,36-11-7-3)37-12-8-4)44-38-41(49(57,58)59)29-34-46(44)63-50(61-42-30-25-39(26-31-42)47(51,52)53)62-43-32-27-40(28-33-43)48(54,55)56/h25-34,38,45H,5-24,35-37H2,1-4H3/q+1. The highest BCUT2D eigenvalue weighted by atomic mass is 19.4. The molecule has 1 atom stereocenters. The van der Waals surface area contributed by atoms with Gasteiger partial charge in [0, 0.05) is 6.42 Å². The molecule has 0 aromatic heterocycles. The number of hydrogen-bond acceptors (Lipinski definition) is 3. The minimum absolute atomic E-state index is 0.0264. The van der Waals surface area contributed by atoms with Crippen molar-refractivity contribution in [3.8, 4) is 17.2 Å². The summed E-state index contributed by atoms with van der Waals surface area (Å²) in [6, 6.07) is 10.2. The van der Waals surface area contributed by atoms with Crippen LogP contribution in [0.15, 0.2) is 66.7 Å². The van der Waals surface area contributed by atoms with Crippen molar-refractivity contribution in [2.45, 2.75) is 181 Å². The lowest BCUT2D eigenvalue weighted by Gasteiger charge is -2.46. The van der Waals surface area contributed by atoms with Gasteiger partial charge in [0.25, 0.3) is 0 Å². The topological polar surface area (TPSA) is 27.7 Å². The molecule has 63 heavy (non-hydrogen) atoms. The van der Waals surface area contributed by atoms with E-state index in [1.54, 1.807) is 0 Å². The van der Waals surface area contributed by atoms with Crippen molar-refractivity contribution in [1.29, 1.82) is 0 Å². The van der Waals surface area contributed by atoms with Crippen molar-refractivity contribution in [3.63, 3.8) is 0 Å². The number of hydrogen-bond donors (Lipinski definition) is 0. The Morgan fingerprint density at radius 3 is 1.14 bits per heavy atom. The average Bonchev–Trinajstić information content (AvgIpc) is 3.23. The number of unbranched alkanes of at least 4 members (excludes halogenated alkanes) is 15. The van der Waals surface area contributed by atoms with Crippen LogP contribution in [0.25, 0.3) is 0 Å². The first-order chi connectivity index (χ1) is 30.0. The Hall–Kier alpha value is -3.55. The largest absolute Gasteiger partial charge is 0.864 e. The summed E-state index contributed by atoms with van der Waals surface area (Å²) in [5.41, 5.74) is -2.44. The van der Waals surface area contributed by atoms with Crippen molar-refractivity contribution in [2.24, 2.45) is 0 Å². The molecule has 0 fully saturated rings. The Morgan fingerprint density at radius 2 is 0.778 bits per heavy atom. The second kappa shape index (κ2) is 27.1. The molecule has 354 valence electrons. The quantitative estimate of drug-likeness (QED) is 0.0279. The van der Waals surface area contributed by atoms with Crippen molar-refractivity contribution in [3.05, 3.63) is 89.0 Å². The Kier molecular flexibility index (Phi) is 23.1. The molecule has 14 heteroatoms. The molecule has 0 amide bonds. The third kappa shape index (κ3) is 18.8. The summed E-state index contributed by atoms with van der Waals surface area (Å²) in [6.45, 7) is 10.7. The predicted molar refractivity (Wildman–Crippen MR) is 235 cm³/mol. The van der Waals surface area contributed by atoms with E-state index in [4.69, 9.17) is 14.0 Å². The highest BCUT2D eigenvalue weighted by Gasteiger charge is 2.42. The normalized spacial score (nSPS) is 13.0. The van der Waals surface area contributed by atoms with E-state index < -0.39 is 48.6 Å². The van der Waals surface area contributed by atoms with Gasteiger partial charge in [0.2, 0.25) is 0 Å². The maximum absolute atomic E-state index is 14.7. The van der Waals surface area contributed by atoms with Gasteiger partial charge in [-0.05, 0) is 92.4 Å². The maximum Gasteiger partial charge on any atom is 0.864 e. The van der Waals surface area contributed by atoms with Crippen LogP contribution < -0.4 is 14.0 Å². The van der Waals surface area contributed by atoms with E-state index in [1.807, 2.05) is 0 Å². The summed E-state index contributed by atoms with van der Waals surface area (Å²) in [4.78, 5) is 0. The van der Waals surface area contributed by atoms with Crippen molar-refractivity contribution in [2.75, 3.05) is 19.6 Å². The molecular formula is C49H70BF9NO3+. The zero-order valence-electron chi connectivity index (χ0n) is 37.8. The first-order valence-corrected chi connectivity index (χ1v) is 23.4. The Labute approximate surface area is 371 Å². The molecule has 0 aliphatic carbocycles. The average molecular weight is 903 g/mol. The third-order valence-corrected chi connectivity index (χ3v) is 11.9. The summed E-state index contributed by atoms with van der Waals surface area (Å²) in [6.07, 6.45) is 6.85. The van der Waals surface area contributed by atoms with Crippen LogP contribution in [-0.2, 0) is 18.5 Å². The maximum atomic E-state index is 14.7. The highest BCUT2D eigenvalue weighted by molar-refractivity contribution is 6.39. The zero-order valence-corrected chi connectivity index (χ0v) is 37.8. The first kappa shape index (κ1) is 53.8. The molecule has 4 nitrogen and oxygen atoms in total. The molecule has 0 N–H and O–H groups in total. The lowest BCUT2D eigenvalue weighted by atomic mass is 9.91. The first-order valence-electron chi connectivity index (χ1n) is 23.4. The molecule has 0 saturated heterocycles. The van der Waals surface area contributed by atoms with Gasteiger partial charge in [-0.25, -0.2) is 0 Å². The van der Waals surface area contributed by atoms with Gasteiger partial charge in [-0.1, -0.05) is 124 Å². The third-order valence-electron chi connectivity index (χ3n) is 11.9. The fourth-order valence-electron chi connectivity index (χ4n) is 8.24. The molecule has 0 spiro atoms. The molecule has 0 saturated carbocycles.